The standard InChI is InChI=1S/C22H26N4O3/c27-19(9-13-26-20(28)22(24-21(26)29)10-4-1-5-11-22)25-12-8-18-16(14-25)15-6-2-3-7-17(15)23-18/h2-3,6-7,23H,1,4-5,8-14H2,(H,24,29). The van der Waals surface area contributed by atoms with E-state index >= 15 is 0 Å². The number of aromatic amines is 1. The van der Waals surface area contributed by atoms with Crippen LogP contribution < -0.4 is 5.32 Å². The van der Waals surface area contributed by atoms with Gasteiger partial charge >= 0.3 is 6.03 Å². The van der Waals surface area contributed by atoms with Gasteiger partial charge in [-0.2, -0.15) is 0 Å². The van der Waals surface area contributed by atoms with Gasteiger partial charge in [-0.05, 0) is 18.9 Å². The molecule has 1 aliphatic carbocycles. The van der Waals surface area contributed by atoms with Crippen molar-refractivity contribution >= 4 is 28.7 Å². The summed E-state index contributed by atoms with van der Waals surface area (Å²) in [5, 5.41) is 4.07. The molecule has 2 aromatic rings. The first kappa shape index (κ1) is 18.2. The molecule has 0 atom stereocenters. The molecule has 1 aromatic heterocycles. The van der Waals surface area contributed by atoms with Crippen LogP contribution in [0.25, 0.3) is 10.9 Å². The Morgan fingerprint density at radius 3 is 2.72 bits per heavy atom. The molecule has 2 N–H and O–H groups in total. The number of hydrogen-bond donors (Lipinski definition) is 2. The third-order valence-corrected chi connectivity index (χ3v) is 6.74. The molecule has 152 valence electrons. The summed E-state index contributed by atoms with van der Waals surface area (Å²) in [5.41, 5.74) is 2.76. The lowest BCUT2D eigenvalue weighted by atomic mass is 9.82. The summed E-state index contributed by atoms with van der Waals surface area (Å²) in [6.07, 6.45) is 5.40. The highest BCUT2D eigenvalue weighted by atomic mass is 16.2. The lowest BCUT2D eigenvalue weighted by molar-refractivity contribution is -0.134. The fraction of sp³-hybridized carbons (Fsp3) is 0.500. The summed E-state index contributed by atoms with van der Waals surface area (Å²) in [6.45, 7) is 1.38. The first-order valence-electron chi connectivity index (χ1n) is 10.6. The summed E-state index contributed by atoms with van der Waals surface area (Å²) in [6, 6.07) is 7.80. The number of nitrogens with zero attached hydrogens (tertiary/aromatic N) is 2. The minimum Gasteiger partial charge on any atom is -0.358 e. The fourth-order valence-corrected chi connectivity index (χ4v) is 5.12. The normalized spacial score (nSPS) is 21.0. The number of imide groups is 1. The van der Waals surface area contributed by atoms with Gasteiger partial charge in [0.1, 0.15) is 5.54 Å². The molecule has 1 saturated carbocycles. The Kier molecular flexibility index (Phi) is 4.33. The molecule has 0 radical (unpaired) electrons. The van der Waals surface area contributed by atoms with Gasteiger partial charge in [-0.1, -0.05) is 37.5 Å². The van der Waals surface area contributed by atoms with Gasteiger partial charge in [0.25, 0.3) is 5.91 Å². The van der Waals surface area contributed by atoms with E-state index in [0.29, 0.717) is 25.9 Å². The number of nitrogens with one attached hydrogen (secondary N) is 2. The van der Waals surface area contributed by atoms with E-state index in [1.807, 2.05) is 17.0 Å². The molecule has 3 aliphatic rings. The maximum Gasteiger partial charge on any atom is 0.325 e. The van der Waals surface area contributed by atoms with Crippen LogP contribution in [0.2, 0.25) is 0 Å². The Morgan fingerprint density at radius 2 is 1.90 bits per heavy atom. The third kappa shape index (κ3) is 2.99. The van der Waals surface area contributed by atoms with E-state index in [1.165, 1.54) is 16.2 Å². The molecule has 2 aliphatic heterocycles. The molecular formula is C22H26N4O3. The van der Waals surface area contributed by atoms with Crippen molar-refractivity contribution in [2.24, 2.45) is 0 Å². The summed E-state index contributed by atoms with van der Waals surface area (Å²) in [5.74, 6) is -0.154. The van der Waals surface area contributed by atoms with Gasteiger partial charge in [-0.15, -0.1) is 0 Å². The van der Waals surface area contributed by atoms with E-state index in [9.17, 15) is 14.4 Å². The fourth-order valence-electron chi connectivity index (χ4n) is 5.12. The smallest absolute Gasteiger partial charge is 0.325 e. The van der Waals surface area contributed by atoms with E-state index in [2.05, 4.69) is 22.4 Å². The Hall–Kier alpha value is -2.83. The van der Waals surface area contributed by atoms with Crippen molar-refractivity contribution in [3.8, 4) is 0 Å². The molecule has 7 nitrogen and oxygen atoms in total. The van der Waals surface area contributed by atoms with Gasteiger partial charge in [-0.3, -0.25) is 14.5 Å². The van der Waals surface area contributed by atoms with Crippen LogP contribution >= 0.6 is 0 Å². The Balaban J connectivity index is 1.25. The van der Waals surface area contributed by atoms with Gasteiger partial charge in [0.2, 0.25) is 5.91 Å². The number of hydrogen-bond acceptors (Lipinski definition) is 3. The lowest BCUT2D eigenvalue weighted by Gasteiger charge is -2.30. The van der Waals surface area contributed by atoms with Crippen LogP contribution in [0.3, 0.4) is 0 Å². The van der Waals surface area contributed by atoms with Crippen molar-refractivity contribution in [2.45, 2.75) is 57.0 Å². The SMILES string of the molecule is O=C(CCN1C(=O)NC2(CCCCC2)C1=O)N1CCc2[nH]c3ccccc3c2C1. The number of para-hydroxylation sites is 1. The van der Waals surface area contributed by atoms with E-state index in [1.54, 1.807) is 0 Å². The van der Waals surface area contributed by atoms with Crippen LogP contribution in [-0.2, 0) is 22.6 Å². The van der Waals surface area contributed by atoms with E-state index in [4.69, 9.17) is 0 Å². The highest BCUT2D eigenvalue weighted by Gasteiger charge is 2.51. The number of urea groups is 1. The van der Waals surface area contributed by atoms with E-state index in [0.717, 1.165) is 36.6 Å². The summed E-state index contributed by atoms with van der Waals surface area (Å²) >= 11 is 0. The Labute approximate surface area is 169 Å². The zero-order chi connectivity index (χ0) is 20.0. The maximum absolute atomic E-state index is 12.9. The number of carbonyl (C=O) groups is 3. The first-order chi connectivity index (χ1) is 14.1. The van der Waals surface area contributed by atoms with Crippen LogP contribution in [0.15, 0.2) is 24.3 Å². The van der Waals surface area contributed by atoms with Gasteiger partial charge in [0, 0.05) is 54.6 Å². The number of amides is 4. The highest BCUT2D eigenvalue weighted by Crippen LogP contribution is 2.34. The number of rotatable bonds is 3. The average Bonchev–Trinajstić information content (AvgIpc) is 3.21. The van der Waals surface area contributed by atoms with Crippen LogP contribution in [0.4, 0.5) is 4.79 Å². The molecular weight excluding hydrogens is 368 g/mol. The summed E-state index contributed by atoms with van der Waals surface area (Å²) in [4.78, 5) is 44.7. The highest BCUT2D eigenvalue weighted by molar-refractivity contribution is 6.07. The van der Waals surface area contributed by atoms with Crippen molar-refractivity contribution < 1.29 is 14.4 Å². The average molecular weight is 394 g/mol. The van der Waals surface area contributed by atoms with Crippen LogP contribution in [0.1, 0.15) is 49.8 Å². The Bertz CT molecular complexity index is 989. The summed E-state index contributed by atoms with van der Waals surface area (Å²) < 4.78 is 0. The molecule has 3 heterocycles. The topological polar surface area (TPSA) is 85.5 Å². The monoisotopic (exact) mass is 394 g/mol. The van der Waals surface area contributed by atoms with Crippen LogP contribution in [0, 0.1) is 0 Å². The number of aromatic nitrogens is 1. The van der Waals surface area contributed by atoms with E-state index in [-0.39, 0.29) is 30.8 Å². The van der Waals surface area contributed by atoms with Crippen molar-refractivity contribution in [3.05, 3.63) is 35.5 Å². The molecule has 1 aromatic carbocycles. The summed E-state index contributed by atoms with van der Waals surface area (Å²) in [7, 11) is 0. The zero-order valence-corrected chi connectivity index (χ0v) is 16.5. The zero-order valence-electron chi connectivity index (χ0n) is 16.5. The minimum absolute atomic E-state index is 0.00822. The van der Waals surface area contributed by atoms with Gasteiger partial charge in [0.15, 0.2) is 0 Å². The molecule has 4 amide bonds. The molecule has 2 fully saturated rings. The molecule has 7 heteroatoms. The predicted molar refractivity (Wildman–Crippen MR) is 108 cm³/mol. The number of fused-ring (bicyclic) bond motifs is 3. The number of H-pyrrole nitrogens is 1. The molecule has 1 saturated heterocycles. The van der Waals surface area contributed by atoms with Gasteiger partial charge in [0.05, 0.1) is 0 Å². The molecule has 1 spiro atoms. The van der Waals surface area contributed by atoms with Crippen molar-refractivity contribution in [3.63, 3.8) is 0 Å². The second kappa shape index (κ2) is 6.90. The van der Waals surface area contributed by atoms with Crippen LogP contribution in [0.5, 0.6) is 0 Å². The van der Waals surface area contributed by atoms with Crippen molar-refractivity contribution in [2.75, 3.05) is 13.1 Å². The third-order valence-electron chi connectivity index (χ3n) is 6.74. The number of benzene rings is 1. The Morgan fingerprint density at radius 1 is 1.10 bits per heavy atom. The second-order valence-corrected chi connectivity index (χ2v) is 8.47. The second-order valence-electron chi connectivity index (χ2n) is 8.47. The maximum atomic E-state index is 12.9. The predicted octanol–water partition coefficient (Wildman–Crippen LogP) is 2.70. The molecule has 5 rings (SSSR count). The van der Waals surface area contributed by atoms with Crippen LogP contribution in [-0.4, -0.2) is 51.3 Å². The minimum atomic E-state index is -0.720. The van der Waals surface area contributed by atoms with Gasteiger partial charge in [-0.25, -0.2) is 4.79 Å². The van der Waals surface area contributed by atoms with Gasteiger partial charge < -0.3 is 15.2 Å². The molecule has 0 unspecified atom stereocenters. The van der Waals surface area contributed by atoms with E-state index < -0.39 is 5.54 Å². The lowest BCUT2D eigenvalue weighted by Crippen LogP contribution is -2.48. The molecule has 0 bridgehead atoms. The van der Waals surface area contributed by atoms with Crippen molar-refractivity contribution in [1.29, 1.82) is 0 Å². The number of carbonyl (C=O) groups excluding carboxylic acids is 3. The largest absolute Gasteiger partial charge is 0.358 e. The van der Waals surface area contributed by atoms with Crippen molar-refractivity contribution in [1.82, 2.24) is 20.1 Å². The molecule has 29 heavy (non-hydrogen) atoms. The first-order valence-corrected chi connectivity index (χ1v) is 10.6. The quantitative estimate of drug-likeness (QED) is 0.785.